The molecule has 3 atom stereocenters. The molecule has 4 amide bonds. The van der Waals surface area contributed by atoms with Crippen molar-refractivity contribution >= 4 is 46.5 Å². The Balaban J connectivity index is 1.65. The molecular weight excluding hydrogens is 546 g/mol. The molecular formula is C30H35N3O7S. The van der Waals surface area contributed by atoms with Crippen LogP contribution in [0, 0.1) is 5.92 Å². The zero-order chi connectivity index (χ0) is 30.1. The van der Waals surface area contributed by atoms with Gasteiger partial charge in [-0.15, -0.1) is 0 Å². The van der Waals surface area contributed by atoms with Gasteiger partial charge in [-0.25, -0.2) is 4.79 Å². The number of rotatable bonds is 14. The highest BCUT2D eigenvalue weighted by molar-refractivity contribution is 8.14. The minimum atomic E-state index is -1.20. The Kier molecular flexibility index (Phi) is 11.2. The summed E-state index contributed by atoms with van der Waals surface area (Å²) in [7, 11) is 0. The fraction of sp³-hybridized carbons (Fsp3) is 0.400. The Hall–Kier alpha value is -3.99. The topological polar surface area (TPSA) is 150 Å². The van der Waals surface area contributed by atoms with Crippen LogP contribution in [0.25, 0.3) is 0 Å². The monoisotopic (exact) mass is 581 g/mol. The molecule has 10 nitrogen and oxygen atoms in total. The minimum absolute atomic E-state index is 0.00353. The molecule has 1 unspecified atom stereocenters. The second kappa shape index (κ2) is 14.6. The van der Waals surface area contributed by atoms with Gasteiger partial charge in [-0.2, -0.15) is 0 Å². The van der Waals surface area contributed by atoms with Gasteiger partial charge < -0.3 is 15.7 Å². The second-order valence-corrected chi connectivity index (χ2v) is 11.7. The third kappa shape index (κ3) is 8.75. The number of carboxylic acids is 1. The summed E-state index contributed by atoms with van der Waals surface area (Å²) >= 11 is 0.807. The number of amides is 4. The van der Waals surface area contributed by atoms with Crippen molar-refractivity contribution in [2.24, 2.45) is 5.92 Å². The highest BCUT2D eigenvalue weighted by Crippen LogP contribution is 2.24. The number of fused-ring (bicyclic) bond motifs is 1. The lowest BCUT2D eigenvalue weighted by atomic mass is 10.0. The Morgan fingerprint density at radius 1 is 0.854 bits per heavy atom. The van der Waals surface area contributed by atoms with Crippen LogP contribution in [0.1, 0.15) is 66.3 Å². The summed E-state index contributed by atoms with van der Waals surface area (Å²) in [5.41, 5.74) is 1.40. The molecule has 0 spiro atoms. The van der Waals surface area contributed by atoms with Gasteiger partial charge in [0.25, 0.3) is 11.8 Å². The number of nitrogens with one attached hydrogen (secondary N) is 2. The molecule has 41 heavy (non-hydrogen) atoms. The third-order valence-electron chi connectivity index (χ3n) is 6.56. The molecule has 1 aliphatic heterocycles. The van der Waals surface area contributed by atoms with Crippen LogP contribution < -0.4 is 10.6 Å². The number of benzene rings is 2. The molecule has 2 aromatic rings. The maximum Gasteiger partial charge on any atom is 0.326 e. The Morgan fingerprint density at radius 2 is 1.41 bits per heavy atom. The van der Waals surface area contributed by atoms with E-state index in [1.807, 2.05) is 13.8 Å². The summed E-state index contributed by atoms with van der Waals surface area (Å²) in [6.07, 6.45) is 0.765. The smallest absolute Gasteiger partial charge is 0.326 e. The number of carbonyl (C=O) groups is 6. The lowest BCUT2D eigenvalue weighted by Crippen LogP contribution is -2.54. The van der Waals surface area contributed by atoms with E-state index >= 15 is 0 Å². The third-order valence-corrected chi connectivity index (χ3v) is 7.63. The molecule has 1 heterocycles. The van der Waals surface area contributed by atoms with Crippen LogP contribution in [0.5, 0.6) is 0 Å². The van der Waals surface area contributed by atoms with Gasteiger partial charge in [0.1, 0.15) is 12.1 Å². The molecule has 0 radical (unpaired) electrons. The van der Waals surface area contributed by atoms with E-state index in [1.165, 1.54) is 6.92 Å². The van der Waals surface area contributed by atoms with Crippen LogP contribution in [-0.4, -0.2) is 68.6 Å². The predicted molar refractivity (Wildman–Crippen MR) is 154 cm³/mol. The lowest BCUT2D eigenvalue weighted by Gasteiger charge is -2.25. The summed E-state index contributed by atoms with van der Waals surface area (Å²) < 4.78 is 0. The van der Waals surface area contributed by atoms with Crippen molar-refractivity contribution in [1.82, 2.24) is 15.5 Å². The molecule has 0 aliphatic carbocycles. The van der Waals surface area contributed by atoms with Crippen LogP contribution in [0.15, 0.2) is 54.6 Å². The molecule has 3 N–H and O–H groups in total. The van der Waals surface area contributed by atoms with Gasteiger partial charge in [0.15, 0.2) is 5.12 Å². The van der Waals surface area contributed by atoms with Gasteiger partial charge >= 0.3 is 5.97 Å². The first-order valence-corrected chi connectivity index (χ1v) is 14.4. The van der Waals surface area contributed by atoms with Gasteiger partial charge in [-0.1, -0.05) is 68.1 Å². The Bertz CT molecular complexity index is 1260. The number of aliphatic carboxylic acids is 1. The number of hydrogen-bond acceptors (Lipinski definition) is 7. The highest BCUT2D eigenvalue weighted by Gasteiger charge is 2.35. The fourth-order valence-corrected chi connectivity index (χ4v) is 5.47. The van der Waals surface area contributed by atoms with E-state index in [0.29, 0.717) is 11.1 Å². The second-order valence-electron chi connectivity index (χ2n) is 10.3. The molecule has 11 heteroatoms. The van der Waals surface area contributed by atoms with Gasteiger partial charge in [-0.05, 0) is 42.9 Å². The normalized spacial score (nSPS) is 14.8. The minimum Gasteiger partial charge on any atom is -0.480 e. The number of nitrogens with zero attached hydrogens (tertiary/aromatic N) is 1. The molecule has 0 aromatic heterocycles. The van der Waals surface area contributed by atoms with E-state index in [-0.39, 0.29) is 43.3 Å². The largest absolute Gasteiger partial charge is 0.480 e. The van der Waals surface area contributed by atoms with Crippen LogP contribution in [0.4, 0.5) is 0 Å². The van der Waals surface area contributed by atoms with Gasteiger partial charge in [0.2, 0.25) is 11.8 Å². The van der Waals surface area contributed by atoms with E-state index in [1.54, 1.807) is 54.6 Å². The molecule has 0 saturated heterocycles. The zero-order valence-corrected chi connectivity index (χ0v) is 24.1. The maximum absolute atomic E-state index is 13.3. The predicted octanol–water partition coefficient (Wildman–Crippen LogP) is 3.05. The number of carboxylic acid groups (broad SMARTS) is 1. The van der Waals surface area contributed by atoms with Gasteiger partial charge in [-0.3, -0.25) is 28.9 Å². The van der Waals surface area contributed by atoms with Crippen molar-refractivity contribution in [2.45, 2.75) is 63.8 Å². The van der Waals surface area contributed by atoms with Gasteiger partial charge in [0, 0.05) is 19.9 Å². The zero-order valence-electron chi connectivity index (χ0n) is 23.3. The number of hydrogen-bond donors (Lipinski definition) is 3. The molecule has 2 aromatic carbocycles. The van der Waals surface area contributed by atoms with Crippen LogP contribution >= 0.6 is 11.8 Å². The first-order valence-electron chi connectivity index (χ1n) is 13.5. The Morgan fingerprint density at radius 3 is 1.95 bits per heavy atom. The van der Waals surface area contributed by atoms with Crippen molar-refractivity contribution in [3.63, 3.8) is 0 Å². The summed E-state index contributed by atoms with van der Waals surface area (Å²) in [5.74, 6) is -3.19. The molecule has 0 bridgehead atoms. The first-order chi connectivity index (χ1) is 19.5. The summed E-state index contributed by atoms with van der Waals surface area (Å²) in [6.45, 7) is 5.14. The van der Waals surface area contributed by atoms with E-state index < -0.39 is 46.9 Å². The van der Waals surface area contributed by atoms with Gasteiger partial charge in [0.05, 0.1) is 16.4 Å². The molecule has 218 valence electrons. The standard InChI is InChI=1S/C30H35N3O7S/c1-18(2)16-23(26(35)32-24(30(39)40)17-20-10-5-4-6-11-20)31-27(36)25(41-19(3)34)14-9-15-33-28(37)21-12-7-8-13-22(21)29(33)38/h4-8,10-13,18,23-25H,9,14-17H2,1-3H3,(H,31,36)(H,32,35)(H,39,40)/t23-,24-,25?/m0/s1. The first kappa shape index (κ1) is 31.5. The quantitative estimate of drug-likeness (QED) is 0.288. The van der Waals surface area contributed by atoms with Crippen molar-refractivity contribution < 1.29 is 33.9 Å². The summed E-state index contributed by atoms with van der Waals surface area (Å²) in [4.78, 5) is 76.7. The van der Waals surface area contributed by atoms with Crippen LogP contribution in [0.3, 0.4) is 0 Å². The van der Waals surface area contributed by atoms with Crippen molar-refractivity contribution in [3.8, 4) is 0 Å². The molecule has 0 saturated carbocycles. The molecule has 1 aliphatic rings. The summed E-state index contributed by atoms with van der Waals surface area (Å²) in [5, 5.41) is 13.8. The van der Waals surface area contributed by atoms with Crippen LogP contribution in [0.2, 0.25) is 0 Å². The van der Waals surface area contributed by atoms with E-state index in [2.05, 4.69) is 10.6 Å². The number of carbonyl (C=O) groups excluding carboxylic acids is 5. The van der Waals surface area contributed by atoms with Crippen LogP contribution in [-0.2, 0) is 25.6 Å². The maximum atomic E-state index is 13.3. The SMILES string of the molecule is CC(=O)SC(CCCN1C(=O)c2ccccc2C1=O)C(=O)N[C@@H](CC(C)C)C(=O)N[C@@H](Cc1ccccc1)C(=O)O. The molecule has 3 rings (SSSR count). The fourth-order valence-electron chi connectivity index (χ4n) is 4.61. The average molecular weight is 582 g/mol. The summed E-state index contributed by atoms with van der Waals surface area (Å²) in [6, 6.07) is 13.2. The van der Waals surface area contributed by atoms with E-state index in [0.717, 1.165) is 22.2 Å². The number of imide groups is 1. The van der Waals surface area contributed by atoms with E-state index in [4.69, 9.17) is 0 Å². The highest BCUT2D eigenvalue weighted by atomic mass is 32.2. The average Bonchev–Trinajstić information content (AvgIpc) is 3.16. The lowest BCUT2D eigenvalue weighted by molar-refractivity contribution is -0.142. The van der Waals surface area contributed by atoms with E-state index in [9.17, 15) is 33.9 Å². The molecule has 0 fully saturated rings. The Labute approximate surface area is 243 Å². The van der Waals surface area contributed by atoms with Crippen molar-refractivity contribution in [2.75, 3.05) is 6.54 Å². The van der Waals surface area contributed by atoms with Crippen molar-refractivity contribution in [3.05, 3.63) is 71.3 Å². The number of thioether (sulfide) groups is 1. The van der Waals surface area contributed by atoms with Crippen molar-refractivity contribution in [1.29, 1.82) is 0 Å².